The average molecular weight is 294 g/mol. The van der Waals surface area contributed by atoms with E-state index in [2.05, 4.69) is 0 Å². The summed E-state index contributed by atoms with van der Waals surface area (Å²) in [5.41, 5.74) is 5.37. The molecule has 114 valence electrons. The van der Waals surface area contributed by atoms with Crippen LogP contribution in [0.2, 0.25) is 0 Å². The van der Waals surface area contributed by atoms with Crippen molar-refractivity contribution in [1.82, 2.24) is 4.90 Å². The Balaban J connectivity index is 4.48. The number of amides is 1. The van der Waals surface area contributed by atoms with Crippen molar-refractivity contribution in [1.29, 1.82) is 0 Å². The van der Waals surface area contributed by atoms with Gasteiger partial charge in [-0.15, -0.1) is 0 Å². The molecule has 19 heavy (non-hydrogen) atoms. The van der Waals surface area contributed by atoms with Gasteiger partial charge in [-0.25, -0.2) is 0 Å². The van der Waals surface area contributed by atoms with Crippen LogP contribution in [0.5, 0.6) is 0 Å². The number of aliphatic hydroxyl groups excluding tert-OH is 1. The molecule has 0 aromatic rings. The smallest absolute Gasteiger partial charge is 0.227 e. The Morgan fingerprint density at radius 2 is 2.05 bits per heavy atom. The maximum atomic E-state index is 12.0. The van der Waals surface area contributed by atoms with Crippen LogP contribution in [0, 0.1) is 0 Å². The Bertz CT molecular complexity index is 323. The number of carbonyl (C=O) groups is 1. The van der Waals surface area contributed by atoms with Crippen LogP contribution in [0.1, 0.15) is 33.6 Å². The van der Waals surface area contributed by atoms with Gasteiger partial charge in [0.1, 0.15) is 5.85 Å². The Morgan fingerprint density at radius 3 is 2.47 bits per heavy atom. The molecule has 0 fully saturated rings. The fraction of sp³-hybridized carbons (Fsp3) is 0.917. The fourth-order valence-corrected chi connectivity index (χ4v) is 3.04. The van der Waals surface area contributed by atoms with Crippen molar-refractivity contribution in [3.8, 4) is 0 Å². The maximum Gasteiger partial charge on any atom is 0.227 e. The first-order valence-corrected chi connectivity index (χ1v) is 8.79. The molecule has 7 heteroatoms. The summed E-state index contributed by atoms with van der Waals surface area (Å²) in [6, 6.07) is 0.0228. The Kier molecular flexibility index (Phi) is 8.50. The van der Waals surface area contributed by atoms with Gasteiger partial charge < -0.3 is 20.3 Å². The van der Waals surface area contributed by atoms with Gasteiger partial charge in [0.05, 0.1) is 6.61 Å². The van der Waals surface area contributed by atoms with Crippen molar-refractivity contribution in [2.75, 3.05) is 26.4 Å². The molecule has 0 spiro atoms. The van der Waals surface area contributed by atoms with Crippen LogP contribution >= 0.6 is 7.37 Å². The molecule has 0 aliphatic heterocycles. The van der Waals surface area contributed by atoms with Crippen LogP contribution in [0.4, 0.5) is 0 Å². The lowest BCUT2D eigenvalue weighted by Gasteiger charge is -2.28. The molecular formula is C12H27N2O4P. The van der Waals surface area contributed by atoms with Gasteiger partial charge in [0.15, 0.2) is 0 Å². The number of nitrogens with two attached hydrogens (primary N) is 1. The van der Waals surface area contributed by atoms with E-state index in [0.29, 0.717) is 19.7 Å². The highest BCUT2D eigenvalue weighted by atomic mass is 31.2. The number of hydrogen-bond acceptors (Lipinski definition) is 5. The first-order chi connectivity index (χ1) is 8.76. The van der Waals surface area contributed by atoms with Gasteiger partial charge in [-0.2, -0.15) is 0 Å². The van der Waals surface area contributed by atoms with Crippen molar-refractivity contribution in [3.63, 3.8) is 0 Å². The molecule has 0 radical (unpaired) electrons. The summed E-state index contributed by atoms with van der Waals surface area (Å²) < 4.78 is 17.1. The van der Waals surface area contributed by atoms with E-state index in [0.717, 1.165) is 0 Å². The molecule has 0 aliphatic carbocycles. The summed E-state index contributed by atoms with van der Waals surface area (Å²) in [5.74, 6) is -1.09. The third kappa shape index (κ3) is 6.52. The second-order valence-electron chi connectivity index (χ2n) is 4.82. The Morgan fingerprint density at radius 1 is 1.47 bits per heavy atom. The summed E-state index contributed by atoms with van der Waals surface area (Å²) in [6.07, 6.45) is 0.520. The van der Waals surface area contributed by atoms with E-state index in [9.17, 15) is 14.5 Å². The summed E-state index contributed by atoms with van der Waals surface area (Å²) in [7, 11) is -3.02. The first-order valence-electron chi connectivity index (χ1n) is 6.65. The largest absolute Gasteiger partial charge is 0.383 e. The van der Waals surface area contributed by atoms with Crippen molar-refractivity contribution in [2.45, 2.75) is 45.5 Å². The lowest BCUT2D eigenvalue weighted by molar-refractivity contribution is -0.132. The van der Waals surface area contributed by atoms with E-state index in [1.807, 2.05) is 13.8 Å². The molecule has 0 aliphatic rings. The SMILES string of the molecule is CCOP(C)(=O)C(O)CCN(C(=O)CCN)C(C)C. The molecule has 0 aromatic carbocycles. The molecule has 0 bridgehead atoms. The molecule has 3 N–H and O–H groups in total. The minimum Gasteiger partial charge on any atom is -0.383 e. The molecule has 2 atom stereocenters. The molecule has 1 amide bonds. The number of hydrogen-bond donors (Lipinski definition) is 2. The highest BCUT2D eigenvalue weighted by Gasteiger charge is 2.28. The van der Waals surface area contributed by atoms with Crippen molar-refractivity contribution in [3.05, 3.63) is 0 Å². The highest BCUT2D eigenvalue weighted by molar-refractivity contribution is 7.58. The molecule has 0 aromatic heterocycles. The zero-order chi connectivity index (χ0) is 15.1. The third-order valence-electron chi connectivity index (χ3n) is 2.86. The van der Waals surface area contributed by atoms with E-state index < -0.39 is 13.2 Å². The van der Waals surface area contributed by atoms with Crippen molar-refractivity contribution >= 4 is 13.3 Å². The second kappa shape index (κ2) is 8.69. The van der Waals surface area contributed by atoms with E-state index in [-0.39, 0.29) is 24.8 Å². The monoisotopic (exact) mass is 294 g/mol. The molecule has 0 saturated carbocycles. The van der Waals surface area contributed by atoms with E-state index in [1.54, 1.807) is 11.8 Å². The molecule has 0 saturated heterocycles. The predicted molar refractivity (Wildman–Crippen MR) is 76.3 cm³/mol. The lowest BCUT2D eigenvalue weighted by Crippen LogP contribution is -2.39. The number of nitrogens with zero attached hydrogens (tertiary/aromatic N) is 1. The fourth-order valence-electron chi connectivity index (χ4n) is 1.77. The first kappa shape index (κ1) is 18.6. The topological polar surface area (TPSA) is 92.9 Å². The van der Waals surface area contributed by atoms with E-state index in [4.69, 9.17) is 10.3 Å². The average Bonchev–Trinajstić information content (AvgIpc) is 2.28. The van der Waals surface area contributed by atoms with Gasteiger partial charge >= 0.3 is 0 Å². The second-order valence-corrected chi connectivity index (χ2v) is 7.49. The quantitative estimate of drug-likeness (QED) is 0.624. The lowest BCUT2D eigenvalue weighted by atomic mass is 10.2. The number of carbonyl (C=O) groups excluding carboxylic acids is 1. The van der Waals surface area contributed by atoms with Crippen LogP contribution in [-0.4, -0.2) is 54.2 Å². The molecular weight excluding hydrogens is 267 g/mol. The van der Waals surface area contributed by atoms with Crippen molar-refractivity contribution in [2.24, 2.45) is 5.73 Å². The zero-order valence-corrected chi connectivity index (χ0v) is 13.2. The van der Waals surface area contributed by atoms with Crippen LogP contribution in [0.25, 0.3) is 0 Å². The van der Waals surface area contributed by atoms with Gasteiger partial charge in [-0.05, 0) is 20.8 Å². The summed E-state index contributed by atoms with van der Waals surface area (Å²) in [6.45, 7) is 7.89. The number of aliphatic hydroxyl groups is 1. The molecule has 6 nitrogen and oxygen atoms in total. The minimum atomic E-state index is -3.02. The van der Waals surface area contributed by atoms with Crippen LogP contribution in [-0.2, 0) is 13.9 Å². The highest BCUT2D eigenvalue weighted by Crippen LogP contribution is 2.47. The minimum absolute atomic E-state index is 0.0228. The molecule has 0 heterocycles. The van der Waals surface area contributed by atoms with E-state index >= 15 is 0 Å². The van der Waals surface area contributed by atoms with Crippen LogP contribution in [0.15, 0.2) is 0 Å². The van der Waals surface area contributed by atoms with Crippen LogP contribution in [0.3, 0.4) is 0 Å². The van der Waals surface area contributed by atoms with Crippen LogP contribution < -0.4 is 5.73 Å². The number of rotatable bonds is 9. The third-order valence-corrected chi connectivity index (χ3v) is 4.97. The zero-order valence-electron chi connectivity index (χ0n) is 12.3. The maximum absolute atomic E-state index is 12.0. The molecule has 0 rings (SSSR count). The van der Waals surface area contributed by atoms with Gasteiger partial charge in [-0.1, -0.05) is 0 Å². The predicted octanol–water partition coefficient (Wildman–Crippen LogP) is 1.23. The Hall–Kier alpha value is -0.420. The van der Waals surface area contributed by atoms with Gasteiger partial charge in [0, 0.05) is 38.6 Å². The summed E-state index contributed by atoms with van der Waals surface area (Å²) >= 11 is 0. The standard InChI is InChI=1S/C12H27N2O4P/c1-5-18-19(4,17)12(16)7-9-14(10(2)3)11(15)6-8-13/h10,12,16H,5-9,13H2,1-4H3. The summed E-state index contributed by atoms with van der Waals surface area (Å²) in [4.78, 5) is 13.5. The molecule has 2 unspecified atom stereocenters. The van der Waals surface area contributed by atoms with Gasteiger partial charge in [0.2, 0.25) is 13.3 Å². The van der Waals surface area contributed by atoms with E-state index in [1.165, 1.54) is 6.66 Å². The van der Waals surface area contributed by atoms with Gasteiger partial charge in [0.25, 0.3) is 0 Å². The van der Waals surface area contributed by atoms with Crippen molar-refractivity contribution < 1.29 is 19.0 Å². The summed E-state index contributed by atoms with van der Waals surface area (Å²) in [5, 5.41) is 9.90. The normalized spacial score (nSPS) is 16.2. The Labute approximate surface area is 115 Å². The van der Waals surface area contributed by atoms with Gasteiger partial charge in [-0.3, -0.25) is 9.36 Å².